The van der Waals surface area contributed by atoms with Crippen LogP contribution in [0.5, 0.6) is 0 Å². The summed E-state index contributed by atoms with van der Waals surface area (Å²) in [6.45, 7) is 8.44. The molecule has 0 aromatic rings. The van der Waals surface area contributed by atoms with Crippen molar-refractivity contribution in [3.05, 3.63) is 11.6 Å². The summed E-state index contributed by atoms with van der Waals surface area (Å²) in [4.78, 5) is 37.6. The number of esters is 2. The maximum atomic E-state index is 13.2. The number of hydrogen-bond acceptors (Lipinski definition) is 10. The predicted octanol–water partition coefficient (Wildman–Crippen LogP) is -0.746. The molecule has 4 N–H and O–H groups in total. The second kappa shape index (κ2) is 6.47. The van der Waals surface area contributed by atoms with Gasteiger partial charge < -0.3 is 34.6 Å². The number of rotatable bonds is 3. The monoisotopic (exact) mass is 480 g/mol. The van der Waals surface area contributed by atoms with E-state index in [9.17, 15) is 34.8 Å². The van der Waals surface area contributed by atoms with Crippen LogP contribution in [0.25, 0.3) is 0 Å². The van der Waals surface area contributed by atoms with E-state index in [1.165, 1.54) is 26.8 Å². The molecule has 5 aliphatic rings. The van der Waals surface area contributed by atoms with Gasteiger partial charge in [0, 0.05) is 42.9 Å². The lowest BCUT2D eigenvalue weighted by molar-refractivity contribution is -0.249. The van der Waals surface area contributed by atoms with Crippen LogP contribution in [0.3, 0.4) is 0 Å². The van der Waals surface area contributed by atoms with Crippen LogP contribution in [0.2, 0.25) is 0 Å². The van der Waals surface area contributed by atoms with Gasteiger partial charge >= 0.3 is 11.9 Å². The average Bonchev–Trinajstić information content (AvgIpc) is 3.57. The van der Waals surface area contributed by atoms with E-state index in [0.717, 1.165) is 0 Å². The standard InChI is InChI=1S/C24H32O10/c1-9-7-13-22(30)10(2)18(32-11(3)26)24(33-12(4)27)15(20(24,5)6)14(22)17(29)21(8-25)19(34-21)23(13,31)16(9)28/h7,10,13-15,17-19,25,29-31H,8H2,1-6H3/t10-,13+,14-,15-,17-,18-,19-,21-,22+,23-,24-/m1/s1. The third kappa shape index (κ3) is 2.27. The molecule has 1 saturated heterocycles. The van der Waals surface area contributed by atoms with Gasteiger partial charge in [-0.3, -0.25) is 14.4 Å². The van der Waals surface area contributed by atoms with Crippen molar-refractivity contribution in [3.63, 3.8) is 0 Å². The van der Waals surface area contributed by atoms with Crippen molar-refractivity contribution in [3.8, 4) is 0 Å². The third-order valence-corrected chi connectivity index (χ3v) is 9.59. The van der Waals surface area contributed by atoms with Gasteiger partial charge in [-0.05, 0) is 12.5 Å². The molecule has 4 aliphatic carbocycles. The first kappa shape index (κ1) is 23.9. The van der Waals surface area contributed by atoms with Crippen molar-refractivity contribution < 1.29 is 49.0 Å². The van der Waals surface area contributed by atoms with Crippen molar-refractivity contribution in [1.82, 2.24) is 0 Å². The Morgan fingerprint density at radius 2 is 1.79 bits per heavy atom. The molecule has 10 heteroatoms. The number of carbonyl (C=O) groups excluding carboxylic acids is 3. The van der Waals surface area contributed by atoms with Gasteiger partial charge in [-0.25, -0.2) is 0 Å². The lowest BCUT2D eigenvalue weighted by Gasteiger charge is -2.54. The molecule has 0 bridgehead atoms. The molecule has 1 aliphatic heterocycles. The smallest absolute Gasteiger partial charge is 0.303 e. The Morgan fingerprint density at radius 3 is 2.32 bits per heavy atom. The minimum atomic E-state index is -2.23. The normalized spacial score (nSPS) is 53.9. The van der Waals surface area contributed by atoms with E-state index in [2.05, 4.69) is 0 Å². The zero-order valence-corrected chi connectivity index (χ0v) is 20.1. The summed E-state index contributed by atoms with van der Waals surface area (Å²) in [5, 5.41) is 46.2. The molecule has 5 rings (SSSR count). The molecule has 0 spiro atoms. The van der Waals surface area contributed by atoms with Crippen molar-refractivity contribution in [2.75, 3.05) is 6.61 Å². The molecule has 11 atom stereocenters. The molecule has 3 saturated carbocycles. The molecule has 0 aromatic carbocycles. The summed E-state index contributed by atoms with van der Waals surface area (Å²) < 4.78 is 17.2. The summed E-state index contributed by atoms with van der Waals surface area (Å²) in [6, 6.07) is 0. The molecule has 0 unspecified atom stereocenters. The van der Waals surface area contributed by atoms with Gasteiger partial charge in [0.25, 0.3) is 0 Å². The Morgan fingerprint density at radius 1 is 1.18 bits per heavy atom. The van der Waals surface area contributed by atoms with Gasteiger partial charge in [0.15, 0.2) is 17.0 Å². The minimum absolute atomic E-state index is 0.224. The first-order valence-electron chi connectivity index (χ1n) is 11.6. The van der Waals surface area contributed by atoms with Crippen LogP contribution in [0, 0.1) is 29.1 Å². The maximum absolute atomic E-state index is 13.2. The molecule has 10 nitrogen and oxygen atoms in total. The van der Waals surface area contributed by atoms with Crippen LogP contribution in [0.1, 0.15) is 41.5 Å². The van der Waals surface area contributed by atoms with Gasteiger partial charge in [0.2, 0.25) is 0 Å². The highest BCUT2D eigenvalue weighted by molar-refractivity contribution is 6.05. The number of aliphatic hydroxyl groups excluding tert-OH is 2. The summed E-state index contributed by atoms with van der Waals surface area (Å²) in [7, 11) is 0. The molecular formula is C24H32O10. The number of ether oxygens (including phenoxy) is 3. The number of hydrogen-bond donors (Lipinski definition) is 4. The zero-order valence-electron chi connectivity index (χ0n) is 20.1. The number of carbonyl (C=O) groups is 3. The van der Waals surface area contributed by atoms with Crippen molar-refractivity contribution >= 4 is 17.7 Å². The zero-order chi connectivity index (χ0) is 25.4. The SMILES string of the molecule is CC(=O)O[C@@H]1[C@@H](C)[C@@]2(O)[C@@H]([C@@H](O)[C@@]3(CO)O[C@H]3[C@]3(O)C(=O)C(C)=C[C@H]32)[C@@H]2C(C)(C)[C@]12OC(C)=O. The lowest BCUT2D eigenvalue weighted by atomic mass is 9.58. The topological polar surface area (TPSA) is 163 Å². The van der Waals surface area contributed by atoms with Gasteiger partial charge in [-0.15, -0.1) is 0 Å². The summed E-state index contributed by atoms with van der Waals surface area (Å²) in [5.41, 5.74) is -7.89. The van der Waals surface area contributed by atoms with Crippen LogP contribution < -0.4 is 0 Å². The first-order valence-corrected chi connectivity index (χ1v) is 11.6. The fourth-order valence-corrected chi connectivity index (χ4v) is 8.09. The highest BCUT2D eigenvalue weighted by Gasteiger charge is 2.92. The highest BCUT2D eigenvalue weighted by Crippen LogP contribution is 2.79. The number of epoxide rings is 1. The van der Waals surface area contributed by atoms with E-state index in [1.54, 1.807) is 20.8 Å². The summed E-state index contributed by atoms with van der Waals surface area (Å²) >= 11 is 0. The van der Waals surface area contributed by atoms with Crippen molar-refractivity contribution in [1.29, 1.82) is 0 Å². The molecule has 1 heterocycles. The van der Waals surface area contributed by atoms with E-state index in [-0.39, 0.29) is 5.57 Å². The quantitative estimate of drug-likeness (QED) is 0.299. The molecule has 0 radical (unpaired) electrons. The van der Waals surface area contributed by atoms with Crippen LogP contribution >= 0.6 is 0 Å². The predicted molar refractivity (Wildman–Crippen MR) is 113 cm³/mol. The molecule has 188 valence electrons. The summed E-state index contributed by atoms with van der Waals surface area (Å²) in [5.74, 6) is -5.93. The third-order valence-electron chi connectivity index (χ3n) is 9.59. The van der Waals surface area contributed by atoms with E-state index >= 15 is 0 Å². The Hall–Kier alpha value is -1.85. The highest BCUT2D eigenvalue weighted by atomic mass is 16.7. The first-order chi connectivity index (χ1) is 15.6. The van der Waals surface area contributed by atoms with Gasteiger partial charge in [-0.2, -0.15) is 0 Å². The minimum Gasteiger partial charge on any atom is -0.458 e. The molecule has 34 heavy (non-hydrogen) atoms. The fraction of sp³-hybridized carbons (Fsp3) is 0.792. The number of ketones is 1. The lowest BCUT2D eigenvalue weighted by Crippen LogP contribution is -2.68. The Balaban J connectivity index is 1.78. The van der Waals surface area contributed by atoms with Crippen LogP contribution in [0.4, 0.5) is 0 Å². The average molecular weight is 481 g/mol. The fourth-order valence-electron chi connectivity index (χ4n) is 8.09. The molecule has 4 fully saturated rings. The van der Waals surface area contributed by atoms with Crippen LogP contribution in [-0.4, -0.2) is 85.5 Å². The Kier molecular flexibility index (Phi) is 4.54. The Labute approximate surface area is 196 Å². The van der Waals surface area contributed by atoms with Crippen molar-refractivity contribution in [2.24, 2.45) is 29.1 Å². The second-order valence-corrected chi connectivity index (χ2v) is 11.4. The van der Waals surface area contributed by atoms with E-state index < -0.39 is 94.1 Å². The Bertz CT molecular complexity index is 1030. The van der Waals surface area contributed by atoms with Crippen LogP contribution in [0.15, 0.2) is 11.6 Å². The number of aliphatic hydroxyl groups is 4. The maximum Gasteiger partial charge on any atom is 0.303 e. The number of Topliss-reactive ketones (excluding diaryl/α,β-unsaturated/α-hetero) is 1. The van der Waals surface area contributed by atoms with Crippen LogP contribution in [-0.2, 0) is 28.6 Å². The molecule has 0 amide bonds. The van der Waals surface area contributed by atoms with Gasteiger partial charge in [0.1, 0.15) is 17.8 Å². The second-order valence-electron chi connectivity index (χ2n) is 11.4. The largest absolute Gasteiger partial charge is 0.458 e. The van der Waals surface area contributed by atoms with Gasteiger partial charge in [0.05, 0.1) is 18.3 Å². The van der Waals surface area contributed by atoms with Crippen molar-refractivity contribution in [2.45, 2.75) is 82.3 Å². The van der Waals surface area contributed by atoms with E-state index in [0.29, 0.717) is 0 Å². The molecule has 0 aromatic heterocycles. The van der Waals surface area contributed by atoms with Gasteiger partial charge in [-0.1, -0.05) is 26.8 Å². The number of fused-ring (bicyclic) bond motifs is 7. The van der Waals surface area contributed by atoms with E-state index in [1.807, 2.05) is 0 Å². The summed E-state index contributed by atoms with van der Waals surface area (Å²) in [6.07, 6.45) is -2.39. The van der Waals surface area contributed by atoms with E-state index in [4.69, 9.17) is 14.2 Å². The molecular weight excluding hydrogens is 448 g/mol.